The first kappa shape index (κ1) is 19.9. The first-order valence-corrected chi connectivity index (χ1v) is 9.27. The zero-order chi connectivity index (χ0) is 17.9. The first-order valence-electron chi connectivity index (χ1n) is 8.89. The molecule has 4 rings (SSSR count). The molecule has 7 heteroatoms. The Morgan fingerprint density at radius 1 is 1.00 bits per heavy atom. The van der Waals surface area contributed by atoms with Gasteiger partial charge in [-0.15, -0.1) is 12.4 Å². The van der Waals surface area contributed by atoms with Crippen LogP contribution in [0.4, 0.5) is 10.1 Å². The van der Waals surface area contributed by atoms with E-state index in [1.165, 1.54) is 12.1 Å². The van der Waals surface area contributed by atoms with Crippen molar-refractivity contribution < 1.29 is 9.23 Å². The van der Waals surface area contributed by atoms with Gasteiger partial charge in [0.1, 0.15) is 11.9 Å². The molecule has 1 atom stereocenters. The molecule has 0 saturated carbocycles. The van der Waals surface area contributed by atoms with Crippen molar-refractivity contribution in [1.29, 1.82) is 0 Å². The fourth-order valence-corrected chi connectivity index (χ4v) is 3.59. The largest absolute Gasteiger partial charge is 0.390 e. The van der Waals surface area contributed by atoms with E-state index in [9.17, 15) is 4.39 Å². The Labute approximate surface area is 170 Å². The van der Waals surface area contributed by atoms with Crippen LogP contribution in [0, 0.1) is 5.82 Å². The van der Waals surface area contributed by atoms with E-state index in [-0.39, 0.29) is 24.3 Å². The summed E-state index contributed by atoms with van der Waals surface area (Å²) in [7, 11) is 0. The second-order valence-electron chi connectivity index (χ2n) is 6.74. The van der Waals surface area contributed by atoms with Crippen molar-refractivity contribution in [2.75, 3.05) is 37.6 Å². The van der Waals surface area contributed by atoms with Gasteiger partial charge in [-0.2, -0.15) is 0 Å². The average molecular weight is 410 g/mol. The minimum Gasteiger partial charge on any atom is -0.390 e. The van der Waals surface area contributed by atoms with Crippen LogP contribution in [0.5, 0.6) is 0 Å². The molecule has 4 nitrogen and oxygen atoms in total. The number of hydrogen-bond donors (Lipinski definition) is 0. The molecule has 0 N–H and O–H groups in total. The van der Waals surface area contributed by atoms with Crippen LogP contribution >= 0.6 is 24.0 Å². The number of anilines is 1. The number of oxime groups is 1. The fraction of sp³-hybridized carbons (Fsp3) is 0.350. The van der Waals surface area contributed by atoms with Crippen LogP contribution < -0.4 is 4.90 Å². The summed E-state index contributed by atoms with van der Waals surface area (Å²) in [4.78, 5) is 10.3. The molecular weight excluding hydrogens is 388 g/mol. The van der Waals surface area contributed by atoms with Crippen molar-refractivity contribution in [3.63, 3.8) is 0 Å². The number of hydrogen-bond acceptors (Lipinski definition) is 4. The third-order valence-electron chi connectivity index (χ3n) is 4.94. The predicted octanol–water partition coefficient (Wildman–Crippen LogP) is 4.22. The van der Waals surface area contributed by atoms with Gasteiger partial charge in [-0.1, -0.05) is 28.9 Å². The SMILES string of the molecule is Cl.Fc1ccc(N2CCN(CC3CC(c4ccc(Cl)cc4)=NO3)CC2)cc1. The quantitative estimate of drug-likeness (QED) is 0.756. The maximum atomic E-state index is 13.1. The van der Waals surface area contributed by atoms with Gasteiger partial charge in [0.2, 0.25) is 0 Å². The van der Waals surface area contributed by atoms with E-state index in [4.69, 9.17) is 16.4 Å². The molecule has 144 valence electrons. The Balaban J connectivity index is 0.00000210. The maximum Gasteiger partial charge on any atom is 0.145 e. The topological polar surface area (TPSA) is 28.1 Å². The lowest BCUT2D eigenvalue weighted by atomic mass is 10.0. The predicted molar refractivity (Wildman–Crippen MR) is 110 cm³/mol. The molecule has 27 heavy (non-hydrogen) atoms. The van der Waals surface area contributed by atoms with Crippen LogP contribution in [-0.2, 0) is 4.84 Å². The molecule has 2 aliphatic rings. The highest BCUT2D eigenvalue weighted by molar-refractivity contribution is 6.30. The lowest BCUT2D eigenvalue weighted by molar-refractivity contribution is 0.0510. The molecule has 2 aromatic carbocycles. The van der Waals surface area contributed by atoms with Gasteiger partial charge in [-0.3, -0.25) is 4.90 Å². The van der Waals surface area contributed by atoms with Crippen LogP contribution in [0.1, 0.15) is 12.0 Å². The van der Waals surface area contributed by atoms with Gasteiger partial charge in [-0.25, -0.2) is 4.39 Å². The molecule has 0 radical (unpaired) electrons. The van der Waals surface area contributed by atoms with Crippen LogP contribution in [0.3, 0.4) is 0 Å². The third-order valence-corrected chi connectivity index (χ3v) is 5.19. The maximum absolute atomic E-state index is 13.1. The molecule has 2 aromatic rings. The van der Waals surface area contributed by atoms with Crippen molar-refractivity contribution in [3.8, 4) is 0 Å². The zero-order valence-electron chi connectivity index (χ0n) is 14.9. The smallest absolute Gasteiger partial charge is 0.145 e. The van der Waals surface area contributed by atoms with Gasteiger partial charge in [-0.05, 0) is 42.0 Å². The van der Waals surface area contributed by atoms with Gasteiger partial charge in [0.05, 0.1) is 5.71 Å². The van der Waals surface area contributed by atoms with Gasteiger partial charge >= 0.3 is 0 Å². The molecule has 1 unspecified atom stereocenters. The van der Waals surface area contributed by atoms with E-state index < -0.39 is 0 Å². The monoisotopic (exact) mass is 409 g/mol. The number of rotatable bonds is 4. The summed E-state index contributed by atoms with van der Waals surface area (Å²) in [6.07, 6.45) is 0.915. The first-order chi connectivity index (χ1) is 12.7. The minimum atomic E-state index is -0.192. The average Bonchev–Trinajstić information content (AvgIpc) is 3.12. The molecule has 2 aliphatic heterocycles. The Morgan fingerprint density at radius 2 is 1.67 bits per heavy atom. The Bertz CT molecular complexity index is 775. The van der Waals surface area contributed by atoms with Crippen molar-refractivity contribution in [1.82, 2.24) is 4.90 Å². The highest BCUT2D eigenvalue weighted by Crippen LogP contribution is 2.21. The number of halogens is 3. The lowest BCUT2D eigenvalue weighted by Crippen LogP contribution is -2.48. The van der Waals surface area contributed by atoms with E-state index in [1.54, 1.807) is 0 Å². The van der Waals surface area contributed by atoms with E-state index in [0.29, 0.717) is 0 Å². The second kappa shape index (κ2) is 8.91. The van der Waals surface area contributed by atoms with Crippen LogP contribution in [-0.4, -0.2) is 49.4 Å². The summed E-state index contributed by atoms with van der Waals surface area (Å²) in [5.41, 5.74) is 3.13. The summed E-state index contributed by atoms with van der Waals surface area (Å²) < 4.78 is 13.1. The Hall–Kier alpha value is -1.82. The van der Waals surface area contributed by atoms with Crippen LogP contribution in [0.25, 0.3) is 0 Å². The van der Waals surface area contributed by atoms with Crippen LogP contribution in [0.15, 0.2) is 53.7 Å². The number of piperazine rings is 1. The third kappa shape index (κ3) is 4.92. The lowest BCUT2D eigenvalue weighted by Gasteiger charge is -2.36. The number of nitrogens with zero attached hydrogens (tertiary/aromatic N) is 3. The highest BCUT2D eigenvalue weighted by Gasteiger charge is 2.26. The van der Waals surface area contributed by atoms with Gasteiger partial charge in [0, 0.05) is 49.9 Å². The van der Waals surface area contributed by atoms with E-state index in [0.717, 1.165) is 61.1 Å². The van der Waals surface area contributed by atoms with Gasteiger partial charge < -0.3 is 9.74 Å². The fourth-order valence-electron chi connectivity index (χ4n) is 3.47. The van der Waals surface area contributed by atoms with Crippen molar-refractivity contribution >= 4 is 35.4 Å². The normalized spacial score (nSPS) is 20.0. The van der Waals surface area contributed by atoms with Crippen molar-refractivity contribution in [2.24, 2.45) is 5.16 Å². The zero-order valence-corrected chi connectivity index (χ0v) is 16.4. The molecule has 0 aromatic heterocycles. The summed E-state index contributed by atoms with van der Waals surface area (Å²) in [5, 5.41) is 4.98. The molecule has 0 spiro atoms. The summed E-state index contributed by atoms with van der Waals surface area (Å²) >= 11 is 5.94. The molecule has 0 aliphatic carbocycles. The highest BCUT2D eigenvalue weighted by atomic mass is 35.5. The standard InChI is InChI=1S/C20H21ClFN3O.ClH/c21-16-3-1-15(2-4-16)20-13-19(26-23-20)14-24-9-11-25(12-10-24)18-7-5-17(22)6-8-18;/h1-8,19H,9-14H2;1H. The molecule has 1 saturated heterocycles. The summed E-state index contributed by atoms with van der Waals surface area (Å²) in [6, 6.07) is 14.4. The summed E-state index contributed by atoms with van der Waals surface area (Å²) in [5.74, 6) is -0.192. The van der Waals surface area contributed by atoms with Crippen molar-refractivity contribution in [3.05, 3.63) is 64.9 Å². The van der Waals surface area contributed by atoms with Crippen LogP contribution in [0.2, 0.25) is 5.02 Å². The van der Waals surface area contributed by atoms with E-state index >= 15 is 0 Å². The van der Waals surface area contributed by atoms with E-state index in [2.05, 4.69) is 15.0 Å². The molecule has 0 amide bonds. The van der Waals surface area contributed by atoms with Gasteiger partial charge in [0.25, 0.3) is 0 Å². The molecule has 1 fully saturated rings. The minimum absolute atomic E-state index is 0. The Morgan fingerprint density at radius 3 is 2.33 bits per heavy atom. The summed E-state index contributed by atoms with van der Waals surface area (Å²) in [6.45, 7) is 4.67. The van der Waals surface area contributed by atoms with E-state index in [1.807, 2.05) is 36.4 Å². The molecule has 2 heterocycles. The second-order valence-corrected chi connectivity index (χ2v) is 7.18. The molecular formula is C20H22Cl2FN3O. The Kier molecular flexibility index (Phi) is 6.58. The molecule has 0 bridgehead atoms. The number of benzene rings is 2. The van der Waals surface area contributed by atoms with Gasteiger partial charge in [0.15, 0.2) is 0 Å². The van der Waals surface area contributed by atoms with Crippen molar-refractivity contribution in [2.45, 2.75) is 12.5 Å².